The maximum Gasteiger partial charge on any atom is 0.0236 e. The summed E-state index contributed by atoms with van der Waals surface area (Å²) in [6.07, 6.45) is 5.52. The maximum atomic E-state index is 2.70. The van der Waals surface area contributed by atoms with Gasteiger partial charge in [0.05, 0.1) is 0 Å². The average Bonchev–Trinajstić information content (AvgIpc) is 3.04. The second-order valence-corrected chi connectivity index (χ2v) is 9.21. The first-order valence-electron chi connectivity index (χ1n) is 8.51. The number of rotatable bonds is 3. The van der Waals surface area contributed by atoms with E-state index in [-0.39, 0.29) is 7.92 Å². The molecule has 0 aromatic heterocycles. The van der Waals surface area contributed by atoms with Gasteiger partial charge in [-0.3, -0.25) is 4.90 Å². The lowest BCUT2D eigenvalue weighted by Gasteiger charge is -2.32. The zero-order valence-electron chi connectivity index (χ0n) is 13.1. The highest BCUT2D eigenvalue weighted by atomic mass is 31.1. The van der Waals surface area contributed by atoms with Crippen LogP contribution in [0.2, 0.25) is 0 Å². The van der Waals surface area contributed by atoms with Gasteiger partial charge in [-0.1, -0.05) is 62.5 Å². The van der Waals surface area contributed by atoms with Crippen molar-refractivity contribution in [3.63, 3.8) is 0 Å². The molecule has 0 amide bonds. The van der Waals surface area contributed by atoms with Crippen molar-refractivity contribution in [2.75, 3.05) is 19.3 Å². The third kappa shape index (κ3) is 2.98. The molecule has 0 radical (unpaired) electrons. The predicted molar refractivity (Wildman–Crippen MR) is 96.3 cm³/mol. The van der Waals surface area contributed by atoms with Crippen LogP contribution < -0.4 is 5.30 Å². The highest BCUT2D eigenvalue weighted by Crippen LogP contribution is 2.49. The van der Waals surface area contributed by atoms with Gasteiger partial charge in [0, 0.05) is 19.6 Å². The number of benzene rings is 2. The Hall–Kier alpha value is -1.17. The summed E-state index contributed by atoms with van der Waals surface area (Å²) in [6, 6.07) is 20.3. The summed E-state index contributed by atoms with van der Waals surface area (Å²) in [6.45, 7) is 3.70. The van der Waals surface area contributed by atoms with Crippen LogP contribution in [0.1, 0.15) is 24.0 Å². The van der Waals surface area contributed by atoms with Gasteiger partial charge in [-0.2, -0.15) is 0 Å². The zero-order chi connectivity index (χ0) is 14.8. The summed E-state index contributed by atoms with van der Waals surface area (Å²) >= 11 is 0. The van der Waals surface area contributed by atoms with Gasteiger partial charge in [0.1, 0.15) is 0 Å². The Kier molecular flexibility index (Phi) is 4.28. The molecule has 0 spiro atoms. The molecule has 114 valence electrons. The monoisotopic (exact) mass is 309 g/mol. The van der Waals surface area contributed by atoms with Crippen molar-refractivity contribution in [2.45, 2.75) is 31.5 Å². The minimum Gasteiger partial charge on any atom is -0.298 e. The summed E-state index contributed by atoms with van der Waals surface area (Å²) in [4.78, 5) is 2.70. The molecule has 1 saturated heterocycles. The highest BCUT2D eigenvalue weighted by molar-refractivity contribution is 7.66. The second-order valence-electron chi connectivity index (χ2n) is 6.58. The van der Waals surface area contributed by atoms with Crippen molar-refractivity contribution in [3.05, 3.63) is 65.7 Å². The van der Waals surface area contributed by atoms with Crippen molar-refractivity contribution in [1.82, 2.24) is 4.90 Å². The number of nitrogens with zero attached hydrogens (tertiary/aromatic N) is 1. The van der Waals surface area contributed by atoms with Crippen LogP contribution in [0.25, 0.3) is 0 Å². The standard InChI is InChI=1S/C20H24NP/c1-2-9-19(10-3-1)22-14-6-11-20(22)16-21-13-12-17-7-4-5-8-18(17)15-21/h1-5,7-10,20H,6,11-16H2/t20-,22?/m0/s1. The Labute approximate surface area is 135 Å². The Balaban J connectivity index is 1.45. The van der Waals surface area contributed by atoms with Crippen LogP contribution in [0.15, 0.2) is 54.6 Å². The smallest absolute Gasteiger partial charge is 0.0236 e. The van der Waals surface area contributed by atoms with Crippen LogP contribution in [0.3, 0.4) is 0 Å². The van der Waals surface area contributed by atoms with Crippen LogP contribution in [0.5, 0.6) is 0 Å². The molecular weight excluding hydrogens is 285 g/mol. The molecule has 0 aliphatic carbocycles. The van der Waals surface area contributed by atoms with Gasteiger partial charge in [0.15, 0.2) is 0 Å². The first kappa shape index (κ1) is 14.4. The molecule has 4 rings (SSSR count). The van der Waals surface area contributed by atoms with Crippen LogP contribution >= 0.6 is 7.92 Å². The van der Waals surface area contributed by atoms with E-state index >= 15 is 0 Å². The first-order valence-corrected chi connectivity index (χ1v) is 10.1. The van der Waals surface area contributed by atoms with E-state index in [2.05, 4.69) is 59.5 Å². The van der Waals surface area contributed by atoms with Crippen LogP contribution in [0, 0.1) is 0 Å². The van der Waals surface area contributed by atoms with E-state index in [4.69, 9.17) is 0 Å². The molecule has 2 aromatic carbocycles. The molecule has 0 bridgehead atoms. The fraction of sp³-hybridized carbons (Fsp3) is 0.400. The fourth-order valence-electron chi connectivity index (χ4n) is 3.99. The van der Waals surface area contributed by atoms with Crippen molar-refractivity contribution in [3.8, 4) is 0 Å². The van der Waals surface area contributed by atoms with Gasteiger partial charge < -0.3 is 0 Å². The first-order chi connectivity index (χ1) is 10.9. The lowest BCUT2D eigenvalue weighted by Crippen LogP contribution is -2.36. The topological polar surface area (TPSA) is 3.24 Å². The van der Waals surface area contributed by atoms with Gasteiger partial charge in [-0.15, -0.1) is 0 Å². The molecule has 1 fully saturated rings. The van der Waals surface area contributed by atoms with Crippen molar-refractivity contribution in [2.24, 2.45) is 0 Å². The average molecular weight is 309 g/mol. The molecule has 0 N–H and O–H groups in total. The summed E-state index contributed by atoms with van der Waals surface area (Å²) in [5, 5.41) is 1.62. The molecular formula is C20H24NP. The molecule has 1 unspecified atom stereocenters. The van der Waals surface area contributed by atoms with Crippen LogP contribution in [0.4, 0.5) is 0 Å². The number of hydrogen-bond acceptors (Lipinski definition) is 1. The van der Waals surface area contributed by atoms with Crippen LogP contribution in [-0.4, -0.2) is 29.8 Å². The second kappa shape index (κ2) is 6.52. The molecule has 1 nitrogen and oxygen atoms in total. The Morgan fingerprint density at radius 1 is 0.955 bits per heavy atom. The zero-order valence-corrected chi connectivity index (χ0v) is 14.0. The third-order valence-corrected chi connectivity index (χ3v) is 8.21. The molecule has 2 heteroatoms. The van der Waals surface area contributed by atoms with Gasteiger partial charge in [-0.25, -0.2) is 0 Å². The predicted octanol–water partition coefficient (Wildman–Crippen LogP) is 4.01. The van der Waals surface area contributed by atoms with E-state index in [9.17, 15) is 0 Å². The van der Waals surface area contributed by atoms with Gasteiger partial charge >= 0.3 is 0 Å². The number of fused-ring (bicyclic) bond motifs is 1. The lowest BCUT2D eigenvalue weighted by atomic mass is 10.00. The quantitative estimate of drug-likeness (QED) is 0.774. The summed E-state index contributed by atoms with van der Waals surface area (Å²) in [7, 11) is 0.0625. The van der Waals surface area contributed by atoms with Gasteiger partial charge in [0.2, 0.25) is 0 Å². The Bertz CT molecular complexity index is 625. The third-order valence-electron chi connectivity index (χ3n) is 5.14. The highest BCUT2D eigenvalue weighted by Gasteiger charge is 2.30. The molecule has 2 heterocycles. The van der Waals surface area contributed by atoms with E-state index in [0.717, 1.165) is 12.2 Å². The summed E-state index contributed by atoms with van der Waals surface area (Å²) < 4.78 is 0. The lowest BCUT2D eigenvalue weighted by molar-refractivity contribution is 0.253. The van der Waals surface area contributed by atoms with Crippen LogP contribution in [-0.2, 0) is 13.0 Å². The van der Waals surface area contributed by atoms with E-state index in [0.29, 0.717) is 0 Å². The minimum atomic E-state index is 0.0625. The van der Waals surface area contributed by atoms with Crippen molar-refractivity contribution < 1.29 is 0 Å². The Morgan fingerprint density at radius 2 is 1.73 bits per heavy atom. The molecule has 2 aliphatic heterocycles. The largest absolute Gasteiger partial charge is 0.298 e. The normalized spacial score (nSPS) is 25.1. The van der Waals surface area contributed by atoms with Crippen molar-refractivity contribution in [1.29, 1.82) is 0 Å². The van der Waals surface area contributed by atoms with E-state index in [1.54, 1.807) is 16.4 Å². The molecule has 2 aromatic rings. The van der Waals surface area contributed by atoms with E-state index < -0.39 is 0 Å². The minimum absolute atomic E-state index is 0.0625. The van der Waals surface area contributed by atoms with Gasteiger partial charge in [0.25, 0.3) is 0 Å². The van der Waals surface area contributed by atoms with E-state index in [1.807, 2.05) is 0 Å². The molecule has 22 heavy (non-hydrogen) atoms. The maximum absolute atomic E-state index is 2.70. The van der Waals surface area contributed by atoms with Crippen molar-refractivity contribution >= 4 is 13.2 Å². The SMILES string of the molecule is c1ccc(P2CCC[C@H]2CN2CCc3ccccc3C2)cc1. The Morgan fingerprint density at radius 3 is 2.59 bits per heavy atom. The number of hydrogen-bond donors (Lipinski definition) is 0. The summed E-state index contributed by atoms with van der Waals surface area (Å²) in [5.74, 6) is 0. The molecule has 2 aliphatic rings. The summed E-state index contributed by atoms with van der Waals surface area (Å²) in [5.41, 5.74) is 4.02. The fourth-order valence-corrected chi connectivity index (χ4v) is 7.04. The van der Waals surface area contributed by atoms with Gasteiger partial charge in [-0.05, 0) is 47.5 Å². The molecule has 2 atom stereocenters. The van der Waals surface area contributed by atoms with E-state index in [1.165, 1.54) is 38.5 Å². The molecule has 0 saturated carbocycles.